The number of hydrogen-bond donors (Lipinski definition) is 2. The van der Waals surface area contributed by atoms with E-state index in [1.165, 1.54) is 15.4 Å². The van der Waals surface area contributed by atoms with Crippen LogP contribution in [0.25, 0.3) is 0 Å². The number of likely N-dealkylation sites (N-methyl/N-ethyl adjacent to an activating group) is 2. The highest BCUT2D eigenvalue weighted by atomic mass is 32.2. The first-order chi connectivity index (χ1) is 9.92. The molecule has 0 aliphatic heterocycles. The molecule has 21 heavy (non-hydrogen) atoms. The van der Waals surface area contributed by atoms with E-state index < -0.39 is 0 Å². The molecule has 2 amide bonds. The molecule has 1 unspecified atom stereocenters. The topological polar surface area (TPSA) is 53.9 Å². The minimum absolute atomic E-state index is 0.0571. The summed E-state index contributed by atoms with van der Waals surface area (Å²) < 4.78 is 0. The van der Waals surface area contributed by atoms with Gasteiger partial charge < -0.3 is 15.1 Å². The summed E-state index contributed by atoms with van der Waals surface area (Å²) in [4.78, 5) is 26.9. The molecule has 1 aromatic rings. The first-order valence-corrected chi connectivity index (χ1v) is 8.06. The van der Waals surface area contributed by atoms with Crippen molar-refractivity contribution in [2.24, 2.45) is 0 Å². The summed E-state index contributed by atoms with van der Waals surface area (Å²) in [5.74, 6) is -0.211. The van der Waals surface area contributed by atoms with Crippen LogP contribution < -0.4 is 10.2 Å². The van der Waals surface area contributed by atoms with Crippen LogP contribution in [0.2, 0.25) is 0 Å². The Kier molecular flexibility index (Phi) is 7.25. The second-order valence-electron chi connectivity index (χ2n) is 5.22. The van der Waals surface area contributed by atoms with Crippen LogP contribution in [-0.4, -0.2) is 57.2 Å². The number of nitrogens with one attached hydrogen (secondary N) is 2. The van der Waals surface area contributed by atoms with Gasteiger partial charge in [0.25, 0.3) is 5.91 Å². The van der Waals surface area contributed by atoms with E-state index >= 15 is 0 Å². The molecule has 1 aromatic carbocycles. The van der Waals surface area contributed by atoms with Crippen LogP contribution in [0.1, 0.15) is 5.56 Å². The second-order valence-corrected chi connectivity index (χ2v) is 6.10. The van der Waals surface area contributed by atoms with Crippen LogP contribution >= 0.6 is 11.8 Å². The van der Waals surface area contributed by atoms with Gasteiger partial charge in [-0.15, -0.1) is 11.8 Å². The molecular weight excluding hydrogens is 286 g/mol. The molecule has 0 fully saturated rings. The van der Waals surface area contributed by atoms with Crippen LogP contribution in [0, 0.1) is 0 Å². The molecule has 0 saturated carbocycles. The molecule has 1 atom stereocenters. The Balaban J connectivity index is 2.36. The number of amides is 2. The summed E-state index contributed by atoms with van der Waals surface area (Å²) in [7, 11) is 5.31. The molecule has 0 radical (unpaired) electrons. The van der Waals surface area contributed by atoms with Crippen LogP contribution in [0.3, 0.4) is 0 Å². The Morgan fingerprint density at radius 3 is 2.38 bits per heavy atom. The Morgan fingerprint density at radius 1 is 1.24 bits per heavy atom. The predicted molar refractivity (Wildman–Crippen MR) is 85.4 cm³/mol. The smallest absolute Gasteiger partial charge is 0.275 e. The van der Waals surface area contributed by atoms with Crippen molar-refractivity contribution in [1.29, 1.82) is 0 Å². The monoisotopic (exact) mass is 310 g/mol. The third-order valence-corrected chi connectivity index (χ3v) is 3.81. The molecule has 0 aromatic heterocycles. The second kappa shape index (κ2) is 8.69. The van der Waals surface area contributed by atoms with E-state index in [4.69, 9.17) is 0 Å². The van der Waals surface area contributed by atoms with Gasteiger partial charge in [0.05, 0.1) is 13.6 Å². The van der Waals surface area contributed by atoms with Crippen molar-refractivity contribution in [1.82, 2.24) is 10.2 Å². The standard InChI is InChI=1S/C15H23N3O2S/c1-17(2)15(20)9-16-14(19)11-18(3)10-12-5-7-13(21-4)8-6-12/h5-8H,9-11H2,1-4H3,(H,16,19)/p+1. The van der Waals surface area contributed by atoms with Gasteiger partial charge in [-0.25, -0.2) is 0 Å². The van der Waals surface area contributed by atoms with E-state index in [9.17, 15) is 9.59 Å². The zero-order valence-corrected chi connectivity index (χ0v) is 13.9. The van der Waals surface area contributed by atoms with Gasteiger partial charge in [-0.1, -0.05) is 12.1 Å². The van der Waals surface area contributed by atoms with Crippen molar-refractivity contribution < 1.29 is 14.5 Å². The molecule has 1 rings (SSSR count). The van der Waals surface area contributed by atoms with Crippen molar-refractivity contribution in [3.05, 3.63) is 29.8 Å². The lowest BCUT2D eigenvalue weighted by Crippen LogP contribution is -3.08. The van der Waals surface area contributed by atoms with Crippen LogP contribution in [-0.2, 0) is 16.1 Å². The Bertz CT molecular complexity index is 474. The number of carbonyl (C=O) groups excluding carboxylic acids is 2. The number of nitrogens with zero attached hydrogens (tertiary/aromatic N) is 1. The van der Waals surface area contributed by atoms with Crippen molar-refractivity contribution in [2.45, 2.75) is 11.4 Å². The van der Waals surface area contributed by atoms with Crippen molar-refractivity contribution in [3.63, 3.8) is 0 Å². The first kappa shape index (κ1) is 17.5. The molecule has 0 bridgehead atoms. The number of thioether (sulfide) groups is 1. The molecule has 0 saturated heterocycles. The summed E-state index contributed by atoms with van der Waals surface area (Å²) in [6, 6.07) is 8.35. The van der Waals surface area contributed by atoms with Crippen molar-refractivity contribution >= 4 is 23.6 Å². The zero-order valence-electron chi connectivity index (χ0n) is 13.1. The molecule has 0 aliphatic carbocycles. The fourth-order valence-electron chi connectivity index (χ4n) is 1.82. The number of carbonyl (C=O) groups is 2. The molecule has 116 valence electrons. The quantitative estimate of drug-likeness (QED) is 0.676. The van der Waals surface area contributed by atoms with Gasteiger partial charge in [0.2, 0.25) is 5.91 Å². The number of benzene rings is 1. The molecule has 5 nitrogen and oxygen atoms in total. The Morgan fingerprint density at radius 2 is 1.86 bits per heavy atom. The van der Waals surface area contributed by atoms with Gasteiger partial charge in [0.1, 0.15) is 6.54 Å². The summed E-state index contributed by atoms with van der Waals surface area (Å²) in [6.45, 7) is 1.19. The summed E-state index contributed by atoms with van der Waals surface area (Å²) in [5, 5.41) is 2.64. The first-order valence-electron chi connectivity index (χ1n) is 6.83. The maximum absolute atomic E-state index is 11.8. The van der Waals surface area contributed by atoms with Gasteiger partial charge >= 0.3 is 0 Å². The van der Waals surface area contributed by atoms with Gasteiger partial charge in [0.15, 0.2) is 6.54 Å². The fraction of sp³-hybridized carbons (Fsp3) is 0.467. The van der Waals surface area contributed by atoms with E-state index in [1.807, 2.05) is 13.3 Å². The molecule has 6 heteroatoms. The van der Waals surface area contributed by atoms with Crippen LogP contribution in [0.15, 0.2) is 29.2 Å². The van der Waals surface area contributed by atoms with Gasteiger partial charge in [-0.3, -0.25) is 9.59 Å². The van der Waals surface area contributed by atoms with Gasteiger partial charge in [-0.2, -0.15) is 0 Å². The fourth-order valence-corrected chi connectivity index (χ4v) is 2.23. The lowest BCUT2D eigenvalue weighted by molar-refractivity contribution is -0.885. The summed E-state index contributed by atoms with van der Waals surface area (Å²) >= 11 is 1.71. The predicted octanol–water partition coefficient (Wildman–Crippen LogP) is -0.372. The van der Waals surface area contributed by atoms with Crippen LogP contribution in [0.5, 0.6) is 0 Å². The zero-order chi connectivity index (χ0) is 15.8. The van der Waals surface area contributed by atoms with Crippen molar-refractivity contribution in [2.75, 3.05) is 40.5 Å². The maximum Gasteiger partial charge on any atom is 0.275 e. The lowest BCUT2D eigenvalue weighted by atomic mass is 10.2. The average Bonchev–Trinajstić information content (AvgIpc) is 2.45. The largest absolute Gasteiger partial charge is 0.347 e. The molecular formula is C15H24N3O2S+. The van der Waals surface area contributed by atoms with E-state index in [-0.39, 0.29) is 18.4 Å². The van der Waals surface area contributed by atoms with E-state index in [1.54, 1.807) is 25.9 Å². The van der Waals surface area contributed by atoms with E-state index in [0.717, 1.165) is 11.4 Å². The third-order valence-electron chi connectivity index (χ3n) is 3.06. The molecule has 0 aliphatic rings. The SMILES string of the molecule is CSc1ccc(C[NH+](C)CC(=O)NCC(=O)N(C)C)cc1. The highest BCUT2D eigenvalue weighted by Gasteiger charge is 2.12. The minimum Gasteiger partial charge on any atom is -0.347 e. The van der Waals surface area contributed by atoms with E-state index in [0.29, 0.717) is 6.54 Å². The summed E-state index contributed by atoms with van der Waals surface area (Å²) in [6.07, 6.45) is 2.05. The highest BCUT2D eigenvalue weighted by Crippen LogP contribution is 2.14. The van der Waals surface area contributed by atoms with Gasteiger partial charge in [-0.05, 0) is 18.4 Å². The number of rotatable bonds is 7. The third kappa shape index (κ3) is 6.64. The highest BCUT2D eigenvalue weighted by molar-refractivity contribution is 7.98. The maximum atomic E-state index is 11.8. The normalized spacial score (nSPS) is 11.8. The lowest BCUT2D eigenvalue weighted by Gasteiger charge is -2.15. The minimum atomic E-state index is -0.108. The average molecular weight is 310 g/mol. The van der Waals surface area contributed by atoms with Crippen LogP contribution in [0.4, 0.5) is 0 Å². The number of quaternary nitrogens is 1. The summed E-state index contributed by atoms with van der Waals surface area (Å²) in [5.41, 5.74) is 1.20. The Labute approximate surface area is 130 Å². The Hall–Kier alpha value is -1.53. The number of hydrogen-bond acceptors (Lipinski definition) is 3. The van der Waals surface area contributed by atoms with E-state index in [2.05, 4.69) is 29.6 Å². The molecule has 0 spiro atoms. The van der Waals surface area contributed by atoms with Gasteiger partial charge in [0, 0.05) is 24.6 Å². The molecule has 0 heterocycles. The molecule has 2 N–H and O–H groups in total. The van der Waals surface area contributed by atoms with Crippen molar-refractivity contribution in [3.8, 4) is 0 Å².